The number of hydrogen-bond acceptors (Lipinski definition) is 4. The fraction of sp³-hybridized carbons (Fsp3) is 1.00. The number of aliphatic hydroxyl groups is 1. The lowest BCUT2D eigenvalue weighted by Gasteiger charge is -2.26. The second-order valence-electron chi connectivity index (χ2n) is 4.96. The predicted octanol–water partition coefficient (Wildman–Crippen LogP) is 0.621. The van der Waals surface area contributed by atoms with E-state index in [-0.39, 0.29) is 6.10 Å². The van der Waals surface area contributed by atoms with Crippen LogP contribution in [0.25, 0.3) is 0 Å². The van der Waals surface area contributed by atoms with Crippen molar-refractivity contribution in [1.29, 1.82) is 0 Å². The zero-order chi connectivity index (χ0) is 13.1. The molecule has 0 spiro atoms. The number of aliphatic hydroxyl groups excluding tert-OH is 1. The minimum Gasteiger partial charge on any atom is -0.390 e. The zero-order valence-corrected chi connectivity index (χ0v) is 12.1. The van der Waals surface area contributed by atoms with Crippen LogP contribution in [0.1, 0.15) is 26.7 Å². The van der Waals surface area contributed by atoms with E-state index in [4.69, 9.17) is 0 Å². The molecule has 4 nitrogen and oxygen atoms in total. The normalized spacial score (nSPS) is 13.6. The Bertz CT molecular complexity index is 165. The summed E-state index contributed by atoms with van der Waals surface area (Å²) in [7, 11) is 4.17. The van der Waals surface area contributed by atoms with Crippen LogP contribution in [0.3, 0.4) is 0 Å². The van der Waals surface area contributed by atoms with Crippen LogP contribution in [-0.4, -0.2) is 74.4 Å². The number of nitrogens with zero attached hydrogens (tertiary/aromatic N) is 2. The Hall–Kier alpha value is -0.160. The molecule has 17 heavy (non-hydrogen) atoms. The molecule has 0 aliphatic rings. The van der Waals surface area contributed by atoms with Crippen LogP contribution in [0.2, 0.25) is 0 Å². The highest BCUT2D eigenvalue weighted by Crippen LogP contribution is 1.95. The fourth-order valence-corrected chi connectivity index (χ4v) is 1.76. The highest BCUT2D eigenvalue weighted by atomic mass is 16.3. The van der Waals surface area contributed by atoms with Crippen molar-refractivity contribution < 1.29 is 5.11 Å². The van der Waals surface area contributed by atoms with Crippen molar-refractivity contribution in [2.45, 2.75) is 32.8 Å². The maximum Gasteiger partial charge on any atom is 0.0791 e. The van der Waals surface area contributed by atoms with Gasteiger partial charge >= 0.3 is 0 Å². The van der Waals surface area contributed by atoms with Crippen molar-refractivity contribution in [3.05, 3.63) is 0 Å². The number of nitrogens with one attached hydrogen (secondary N) is 1. The summed E-state index contributed by atoms with van der Waals surface area (Å²) >= 11 is 0. The number of likely N-dealkylation sites (N-methyl/N-ethyl adjacent to an activating group) is 1. The molecule has 1 atom stereocenters. The maximum atomic E-state index is 9.92. The maximum absolute atomic E-state index is 9.92. The van der Waals surface area contributed by atoms with E-state index in [1.165, 1.54) is 0 Å². The summed E-state index contributed by atoms with van der Waals surface area (Å²) in [6.45, 7) is 9.95. The van der Waals surface area contributed by atoms with E-state index in [2.05, 4.69) is 43.1 Å². The van der Waals surface area contributed by atoms with Gasteiger partial charge in [-0.15, -0.1) is 0 Å². The van der Waals surface area contributed by atoms with Crippen LogP contribution in [-0.2, 0) is 0 Å². The first-order valence-corrected chi connectivity index (χ1v) is 6.86. The largest absolute Gasteiger partial charge is 0.390 e. The van der Waals surface area contributed by atoms with Gasteiger partial charge in [0.2, 0.25) is 0 Å². The minimum absolute atomic E-state index is 0.254. The molecule has 104 valence electrons. The van der Waals surface area contributed by atoms with Crippen LogP contribution >= 0.6 is 0 Å². The Morgan fingerprint density at radius 3 is 2.29 bits per heavy atom. The summed E-state index contributed by atoms with van der Waals surface area (Å²) in [4.78, 5) is 4.53. The average Bonchev–Trinajstić information content (AvgIpc) is 2.26. The standard InChI is InChI=1S/C13H31N3O/c1-5-7-14-11-13(17)12-16(8-6-2)10-9-15(3)4/h13-14,17H,5-12H2,1-4H3. The van der Waals surface area contributed by atoms with Crippen LogP contribution in [0.15, 0.2) is 0 Å². The Labute approximate surface area is 107 Å². The van der Waals surface area contributed by atoms with Crippen LogP contribution in [0, 0.1) is 0 Å². The molecule has 0 aromatic carbocycles. The van der Waals surface area contributed by atoms with E-state index in [9.17, 15) is 5.11 Å². The average molecular weight is 245 g/mol. The summed E-state index contributed by atoms with van der Waals surface area (Å²) in [5.41, 5.74) is 0. The van der Waals surface area contributed by atoms with Gasteiger partial charge in [-0.3, -0.25) is 4.90 Å². The van der Waals surface area contributed by atoms with Gasteiger partial charge in [-0.2, -0.15) is 0 Å². The lowest BCUT2D eigenvalue weighted by Crippen LogP contribution is -2.41. The van der Waals surface area contributed by atoms with Crippen LogP contribution in [0.5, 0.6) is 0 Å². The Morgan fingerprint density at radius 1 is 1.06 bits per heavy atom. The molecule has 0 amide bonds. The lowest BCUT2D eigenvalue weighted by atomic mass is 10.3. The van der Waals surface area contributed by atoms with E-state index in [1.807, 2.05) is 0 Å². The highest BCUT2D eigenvalue weighted by molar-refractivity contribution is 4.67. The molecule has 0 fully saturated rings. The summed E-state index contributed by atoms with van der Waals surface area (Å²) < 4.78 is 0. The second-order valence-corrected chi connectivity index (χ2v) is 4.96. The Balaban J connectivity index is 3.79. The Morgan fingerprint density at radius 2 is 1.76 bits per heavy atom. The summed E-state index contributed by atoms with van der Waals surface area (Å²) in [5.74, 6) is 0. The third-order valence-corrected chi connectivity index (χ3v) is 2.68. The molecule has 0 aromatic rings. The molecule has 0 saturated carbocycles. The van der Waals surface area contributed by atoms with Crippen LogP contribution in [0.4, 0.5) is 0 Å². The second kappa shape index (κ2) is 11.0. The van der Waals surface area contributed by atoms with E-state index < -0.39 is 0 Å². The first-order chi connectivity index (χ1) is 8.10. The van der Waals surface area contributed by atoms with E-state index in [1.54, 1.807) is 0 Å². The molecule has 2 N–H and O–H groups in total. The molecule has 0 aliphatic carbocycles. The van der Waals surface area contributed by atoms with Crippen molar-refractivity contribution in [1.82, 2.24) is 15.1 Å². The van der Waals surface area contributed by atoms with Gasteiger partial charge in [-0.25, -0.2) is 0 Å². The smallest absolute Gasteiger partial charge is 0.0791 e. The van der Waals surface area contributed by atoms with Crippen molar-refractivity contribution in [2.24, 2.45) is 0 Å². The first kappa shape index (κ1) is 16.8. The van der Waals surface area contributed by atoms with Crippen molar-refractivity contribution >= 4 is 0 Å². The first-order valence-electron chi connectivity index (χ1n) is 6.86. The van der Waals surface area contributed by atoms with Gasteiger partial charge in [0.05, 0.1) is 6.10 Å². The van der Waals surface area contributed by atoms with Gasteiger partial charge < -0.3 is 15.3 Å². The fourth-order valence-electron chi connectivity index (χ4n) is 1.76. The SMILES string of the molecule is CCCNCC(O)CN(CCC)CCN(C)C. The molecule has 0 saturated heterocycles. The molecule has 4 heteroatoms. The van der Waals surface area contributed by atoms with Crippen LogP contribution < -0.4 is 5.32 Å². The molecule has 1 unspecified atom stereocenters. The predicted molar refractivity (Wildman–Crippen MR) is 74.5 cm³/mol. The van der Waals surface area contributed by atoms with E-state index in [0.29, 0.717) is 6.54 Å². The summed E-state index contributed by atoms with van der Waals surface area (Å²) in [6, 6.07) is 0. The zero-order valence-electron chi connectivity index (χ0n) is 12.1. The van der Waals surface area contributed by atoms with Crippen molar-refractivity contribution in [3.8, 4) is 0 Å². The van der Waals surface area contributed by atoms with Crippen molar-refractivity contribution in [2.75, 3.05) is 53.4 Å². The number of hydrogen-bond donors (Lipinski definition) is 2. The molecule has 0 heterocycles. The molecule has 0 radical (unpaired) electrons. The Kier molecular flexibility index (Phi) is 10.9. The molecular weight excluding hydrogens is 214 g/mol. The molecule has 0 aromatic heterocycles. The summed E-state index contributed by atoms with van der Waals surface area (Å²) in [6.07, 6.45) is 2.00. The van der Waals surface area contributed by atoms with Gasteiger partial charge in [-0.1, -0.05) is 13.8 Å². The van der Waals surface area contributed by atoms with E-state index >= 15 is 0 Å². The van der Waals surface area contributed by atoms with Gasteiger partial charge in [0.15, 0.2) is 0 Å². The molecule has 0 bridgehead atoms. The molecular formula is C13H31N3O. The third-order valence-electron chi connectivity index (χ3n) is 2.68. The van der Waals surface area contributed by atoms with Gasteiger partial charge in [0.25, 0.3) is 0 Å². The van der Waals surface area contributed by atoms with E-state index in [0.717, 1.165) is 45.6 Å². The van der Waals surface area contributed by atoms with Gasteiger partial charge in [-0.05, 0) is 40.0 Å². The molecule has 0 aliphatic heterocycles. The third kappa shape index (κ3) is 10.7. The topological polar surface area (TPSA) is 38.7 Å². The highest BCUT2D eigenvalue weighted by Gasteiger charge is 2.10. The quantitative estimate of drug-likeness (QED) is 0.524. The molecule has 0 rings (SSSR count). The summed E-state index contributed by atoms with van der Waals surface area (Å²) in [5, 5.41) is 13.2. The minimum atomic E-state index is -0.254. The van der Waals surface area contributed by atoms with Gasteiger partial charge in [0.1, 0.15) is 0 Å². The lowest BCUT2D eigenvalue weighted by molar-refractivity contribution is 0.107. The van der Waals surface area contributed by atoms with Gasteiger partial charge in [0, 0.05) is 26.2 Å². The van der Waals surface area contributed by atoms with Crippen molar-refractivity contribution in [3.63, 3.8) is 0 Å². The monoisotopic (exact) mass is 245 g/mol. The number of rotatable bonds is 11.